The molecular formula is C11H11BrN4O3S. The van der Waals surface area contributed by atoms with Gasteiger partial charge in [-0.3, -0.25) is 9.36 Å². The number of nitrogen functional groups attached to an aromatic ring is 1. The molecule has 0 radical (unpaired) electrons. The van der Waals surface area contributed by atoms with Gasteiger partial charge in [-0.15, -0.1) is 10.2 Å². The molecule has 106 valence electrons. The summed E-state index contributed by atoms with van der Waals surface area (Å²) in [5, 5.41) is 16.8. The molecular weight excluding hydrogens is 348 g/mol. The zero-order chi connectivity index (χ0) is 14.7. The van der Waals surface area contributed by atoms with E-state index < -0.39 is 5.97 Å². The number of methoxy groups -OCH3 is 1. The number of carbonyl (C=O) groups is 1. The summed E-state index contributed by atoms with van der Waals surface area (Å²) in [6.45, 7) is 0. The van der Waals surface area contributed by atoms with Gasteiger partial charge in [-0.2, -0.15) is 0 Å². The van der Waals surface area contributed by atoms with Crippen LogP contribution in [0.15, 0.2) is 27.8 Å². The van der Waals surface area contributed by atoms with Crippen LogP contribution in [-0.4, -0.2) is 38.7 Å². The van der Waals surface area contributed by atoms with E-state index in [0.717, 1.165) is 16.2 Å². The molecule has 0 bridgehead atoms. The molecule has 0 saturated carbocycles. The van der Waals surface area contributed by atoms with Crippen molar-refractivity contribution in [1.82, 2.24) is 14.8 Å². The molecule has 0 amide bonds. The van der Waals surface area contributed by atoms with Crippen LogP contribution in [0.25, 0.3) is 5.69 Å². The van der Waals surface area contributed by atoms with Gasteiger partial charge < -0.3 is 15.6 Å². The van der Waals surface area contributed by atoms with Gasteiger partial charge in [-0.1, -0.05) is 11.8 Å². The predicted octanol–water partition coefficient (Wildman–Crippen LogP) is 1.80. The number of aromatic nitrogens is 3. The third-order valence-electron chi connectivity index (χ3n) is 2.38. The van der Waals surface area contributed by atoms with Crippen LogP contribution in [0.1, 0.15) is 0 Å². The predicted molar refractivity (Wildman–Crippen MR) is 78.4 cm³/mol. The number of nitrogens with two attached hydrogens (primary N) is 1. The number of carboxylic acids is 1. The number of thioether (sulfide) groups is 1. The van der Waals surface area contributed by atoms with Crippen LogP contribution in [0.5, 0.6) is 5.75 Å². The van der Waals surface area contributed by atoms with E-state index >= 15 is 0 Å². The lowest BCUT2D eigenvalue weighted by Gasteiger charge is -2.10. The summed E-state index contributed by atoms with van der Waals surface area (Å²) in [5.74, 6) is -0.241. The average Bonchev–Trinajstić information content (AvgIpc) is 2.78. The molecule has 2 rings (SSSR count). The molecule has 1 aromatic heterocycles. The molecule has 0 aliphatic heterocycles. The fraction of sp³-hybridized carbons (Fsp3) is 0.182. The van der Waals surface area contributed by atoms with Gasteiger partial charge in [0.15, 0.2) is 5.16 Å². The van der Waals surface area contributed by atoms with Gasteiger partial charge in [0.1, 0.15) is 5.75 Å². The molecule has 0 saturated heterocycles. The molecule has 0 aliphatic carbocycles. The highest BCUT2D eigenvalue weighted by Gasteiger charge is 2.14. The van der Waals surface area contributed by atoms with Gasteiger partial charge in [-0.05, 0) is 28.1 Å². The molecule has 1 aromatic carbocycles. The average molecular weight is 359 g/mol. The number of ether oxygens (including phenoxy) is 1. The molecule has 2 aromatic rings. The van der Waals surface area contributed by atoms with Gasteiger partial charge in [0.2, 0.25) is 5.95 Å². The van der Waals surface area contributed by atoms with E-state index in [9.17, 15) is 4.79 Å². The molecule has 7 nitrogen and oxygen atoms in total. The second-order valence-corrected chi connectivity index (χ2v) is 5.47. The van der Waals surface area contributed by atoms with E-state index in [2.05, 4.69) is 26.1 Å². The van der Waals surface area contributed by atoms with E-state index in [4.69, 9.17) is 15.6 Å². The summed E-state index contributed by atoms with van der Waals surface area (Å²) >= 11 is 4.41. The SMILES string of the molecule is COc1cc(-n2c(N)nnc2SCC(=O)O)ccc1Br. The monoisotopic (exact) mass is 358 g/mol. The Kier molecular flexibility index (Phi) is 4.50. The fourth-order valence-electron chi connectivity index (χ4n) is 1.53. The van der Waals surface area contributed by atoms with Crippen molar-refractivity contribution in [3.05, 3.63) is 22.7 Å². The molecule has 3 N–H and O–H groups in total. The first-order chi connectivity index (χ1) is 9.52. The second-order valence-electron chi connectivity index (χ2n) is 3.68. The Balaban J connectivity index is 2.41. The molecule has 1 heterocycles. The van der Waals surface area contributed by atoms with Crippen molar-refractivity contribution in [2.75, 3.05) is 18.6 Å². The highest BCUT2D eigenvalue weighted by atomic mass is 79.9. The van der Waals surface area contributed by atoms with Crippen molar-refractivity contribution in [3.8, 4) is 11.4 Å². The zero-order valence-corrected chi connectivity index (χ0v) is 12.8. The lowest BCUT2D eigenvalue weighted by Crippen LogP contribution is -2.04. The summed E-state index contributed by atoms with van der Waals surface area (Å²) < 4.78 is 7.59. The first-order valence-corrected chi connectivity index (χ1v) is 7.20. The molecule has 0 spiro atoms. The fourth-order valence-corrected chi connectivity index (χ4v) is 2.62. The van der Waals surface area contributed by atoms with E-state index in [-0.39, 0.29) is 11.7 Å². The maximum Gasteiger partial charge on any atom is 0.313 e. The lowest BCUT2D eigenvalue weighted by atomic mass is 10.3. The molecule has 0 atom stereocenters. The summed E-state index contributed by atoms with van der Waals surface area (Å²) in [4.78, 5) is 10.6. The minimum absolute atomic E-state index is 0.119. The number of anilines is 1. The van der Waals surface area contributed by atoms with Crippen molar-refractivity contribution < 1.29 is 14.6 Å². The molecule has 0 unspecified atom stereocenters. The number of rotatable bonds is 5. The van der Waals surface area contributed by atoms with Crippen molar-refractivity contribution >= 4 is 39.6 Å². The van der Waals surface area contributed by atoms with Gasteiger partial charge in [-0.25, -0.2) is 0 Å². The number of benzene rings is 1. The van der Waals surface area contributed by atoms with Crippen LogP contribution >= 0.6 is 27.7 Å². The Morgan fingerprint density at radius 2 is 2.30 bits per heavy atom. The van der Waals surface area contributed by atoms with Crippen LogP contribution < -0.4 is 10.5 Å². The Labute approximate surface area is 127 Å². The summed E-state index contributed by atoms with van der Waals surface area (Å²) in [6, 6.07) is 5.37. The van der Waals surface area contributed by atoms with Crippen molar-refractivity contribution in [3.63, 3.8) is 0 Å². The first kappa shape index (κ1) is 14.7. The standard InChI is InChI=1S/C11H11BrN4O3S/c1-19-8-4-6(2-3-7(8)12)16-10(13)14-15-11(16)20-5-9(17)18/h2-4H,5H2,1H3,(H2,13,14)(H,17,18). The highest BCUT2D eigenvalue weighted by molar-refractivity contribution is 9.10. The molecule has 20 heavy (non-hydrogen) atoms. The Morgan fingerprint density at radius 1 is 1.55 bits per heavy atom. The van der Waals surface area contributed by atoms with E-state index in [1.807, 2.05) is 0 Å². The minimum Gasteiger partial charge on any atom is -0.495 e. The number of halogens is 1. The van der Waals surface area contributed by atoms with Crippen LogP contribution in [-0.2, 0) is 4.79 Å². The topological polar surface area (TPSA) is 103 Å². The largest absolute Gasteiger partial charge is 0.495 e. The molecule has 0 aliphatic rings. The number of hydrogen-bond acceptors (Lipinski definition) is 6. The Bertz CT molecular complexity index is 647. The maximum atomic E-state index is 10.6. The van der Waals surface area contributed by atoms with Crippen molar-refractivity contribution in [2.24, 2.45) is 0 Å². The quantitative estimate of drug-likeness (QED) is 0.785. The second kappa shape index (κ2) is 6.14. The minimum atomic E-state index is -0.934. The zero-order valence-electron chi connectivity index (χ0n) is 10.4. The van der Waals surface area contributed by atoms with E-state index in [0.29, 0.717) is 16.6 Å². The third kappa shape index (κ3) is 3.05. The molecule has 0 fully saturated rings. The van der Waals surface area contributed by atoms with Crippen LogP contribution in [0.4, 0.5) is 5.95 Å². The van der Waals surface area contributed by atoms with Gasteiger partial charge in [0.05, 0.1) is 23.0 Å². The van der Waals surface area contributed by atoms with Crippen LogP contribution in [0, 0.1) is 0 Å². The van der Waals surface area contributed by atoms with Gasteiger partial charge in [0.25, 0.3) is 0 Å². The number of carboxylic acid groups (broad SMARTS) is 1. The number of nitrogens with zero attached hydrogens (tertiary/aromatic N) is 3. The van der Waals surface area contributed by atoms with Crippen LogP contribution in [0.2, 0.25) is 0 Å². The smallest absolute Gasteiger partial charge is 0.313 e. The van der Waals surface area contributed by atoms with Gasteiger partial charge in [0, 0.05) is 6.07 Å². The van der Waals surface area contributed by atoms with Crippen molar-refractivity contribution in [1.29, 1.82) is 0 Å². The summed E-state index contributed by atoms with van der Waals surface area (Å²) in [5.41, 5.74) is 6.48. The normalized spacial score (nSPS) is 10.5. The molecule has 9 heteroatoms. The highest BCUT2D eigenvalue weighted by Crippen LogP contribution is 2.30. The Morgan fingerprint density at radius 3 is 2.95 bits per heavy atom. The number of aliphatic carboxylic acids is 1. The van der Waals surface area contributed by atoms with E-state index in [1.54, 1.807) is 29.9 Å². The lowest BCUT2D eigenvalue weighted by molar-refractivity contribution is -0.133. The van der Waals surface area contributed by atoms with Crippen LogP contribution in [0.3, 0.4) is 0 Å². The first-order valence-electron chi connectivity index (χ1n) is 5.42. The summed E-state index contributed by atoms with van der Waals surface area (Å²) in [6.07, 6.45) is 0. The van der Waals surface area contributed by atoms with Gasteiger partial charge >= 0.3 is 5.97 Å². The third-order valence-corrected chi connectivity index (χ3v) is 3.94. The Hall–Kier alpha value is -1.74. The van der Waals surface area contributed by atoms with Crippen molar-refractivity contribution in [2.45, 2.75) is 5.16 Å². The summed E-state index contributed by atoms with van der Waals surface area (Å²) in [7, 11) is 1.56. The van der Waals surface area contributed by atoms with E-state index in [1.165, 1.54) is 0 Å². The number of hydrogen-bond donors (Lipinski definition) is 2. The maximum absolute atomic E-state index is 10.6.